The maximum absolute atomic E-state index is 5.83. The molecule has 0 aliphatic rings. The van der Waals surface area contributed by atoms with Gasteiger partial charge in [-0.1, -0.05) is 6.07 Å². The predicted octanol–water partition coefficient (Wildman–Crippen LogP) is 4.05. The topological polar surface area (TPSA) is 27.7 Å². The van der Waals surface area contributed by atoms with E-state index in [1.165, 1.54) is 0 Å². The molecule has 0 heterocycles. The molecule has 0 radical (unpaired) electrons. The molecule has 1 aromatic carbocycles. The lowest BCUT2D eigenvalue weighted by Gasteiger charge is -2.21. The van der Waals surface area contributed by atoms with Gasteiger partial charge in [-0.05, 0) is 53.7 Å². The second kappa shape index (κ2) is 6.53. The molecule has 0 aliphatic heterocycles. The van der Waals surface area contributed by atoms with Gasteiger partial charge in [-0.25, -0.2) is 0 Å². The molecule has 3 heteroatoms. The Morgan fingerprint density at radius 2 is 1.06 bits per heavy atom. The van der Waals surface area contributed by atoms with Crippen molar-refractivity contribution < 1.29 is 14.2 Å². The fraction of sp³-hybridized carbons (Fsp3) is 0.600. The van der Waals surface area contributed by atoms with Crippen molar-refractivity contribution in [1.82, 2.24) is 0 Å². The highest BCUT2D eigenvalue weighted by molar-refractivity contribution is 5.51. The molecule has 0 unspecified atom stereocenters. The zero-order chi connectivity index (χ0) is 13.7. The summed E-state index contributed by atoms with van der Waals surface area (Å²) in [5.74, 6) is 2.16. The molecule has 1 aromatic rings. The number of hydrogen-bond acceptors (Lipinski definition) is 3. The van der Waals surface area contributed by atoms with Crippen LogP contribution in [0.4, 0.5) is 0 Å². The van der Waals surface area contributed by atoms with Gasteiger partial charge in [-0.3, -0.25) is 0 Å². The molecular formula is C15H24O3. The maximum Gasteiger partial charge on any atom is 0.203 e. The second-order valence-electron chi connectivity index (χ2n) is 5.08. The molecule has 0 atom stereocenters. The second-order valence-corrected chi connectivity index (χ2v) is 5.08. The first-order valence-electron chi connectivity index (χ1n) is 6.53. The molecule has 0 fully saturated rings. The van der Waals surface area contributed by atoms with Crippen molar-refractivity contribution in [2.45, 2.75) is 59.9 Å². The number of hydrogen-bond donors (Lipinski definition) is 0. The monoisotopic (exact) mass is 252 g/mol. The van der Waals surface area contributed by atoms with Gasteiger partial charge in [0.25, 0.3) is 0 Å². The molecule has 0 bridgehead atoms. The van der Waals surface area contributed by atoms with E-state index in [4.69, 9.17) is 14.2 Å². The van der Waals surface area contributed by atoms with E-state index in [9.17, 15) is 0 Å². The van der Waals surface area contributed by atoms with Crippen molar-refractivity contribution in [1.29, 1.82) is 0 Å². The van der Waals surface area contributed by atoms with E-state index in [2.05, 4.69) is 0 Å². The Morgan fingerprint density at radius 1 is 0.667 bits per heavy atom. The zero-order valence-corrected chi connectivity index (χ0v) is 12.2. The van der Waals surface area contributed by atoms with E-state index in [0.717, 1.165) is 11.5 Å². The minimum Gasteiger partial charge on any atom is -0.487 e. The third kappa shape index (κ3) is 4.47. The van der Waals surface area contributed by atoms with Crippen LogP contribution in [0, 0.1) is 0 Å². The molecule has 0 spiro atoms. The van der Waals surface area contributed by atoms with Crippen LogP contribution in [0.25, 0.3) is 0 Å². The molecule has 0 aromatic heterocycles. The molecule has 18 heavy (non-hydrogen) atoms. The fourth-order valence-electron chi connectivity index (χ4n) is 1.54. The number of para-hydroxylation sites is 1. The Balaban J connectivity index is 3.08. The Labute approximate surface area is 110 Å². The van der Waals surface area contributed by atoms with Crippen LogP contribution in [0.5, 0.6) is 17.2 Å². The van der Waals surface area contributed by atoms with Gasteiger partial charge in [0.15, 0.2) is 11.5 Å². The van der Waals surface area contributed by atoms with Gasteiger partial charge < -0.3 is 14.2 Å². The summed E-state index contributed by atoms with van der Waals surface area (Å²) in [6.45, 7) is 12.0. The summed E-state index contributed by atoms with van der Waals surface area (Å²) >= 11 is 0. The lowest BCUT2D eigenvalue weighted by molar-refractivity contribution is 0.176. The molecule has 0 amide bonds. The van der Waals surface area contributed by atoms with E-state index in [-0.39, 0.29) is 18.3 Å². The van der Waals surface area contributed by atoms with Crippen molar-refractivity contribution in [3.63, 3.8) is 0 Å². The standard InChI is InChI=1S/C15H24O3/c1-10(2)16-13-8-7-9-14(17-11(3)4)15(13)18-12(5)6/h7-12H,1-6H3. The Hall–Kier alpha value is -1.38. The highest BCUT2D eigenvalue weighted by atomic mass is 16.6. The van der Waals surface area contributed by atoms with Gasteiger partial charge >= 0.3 is 0 Å². The van der Waals surface area contributed by atoms with Gasteiger partial charge in [-0.15, -0.1) is 0 Å². The summed E-state index contributed by atoms with van der Waals surface area (Å²) in [5.41, 5.74) is 0. The molecule has 0 aliphatic carbocycles. The lowest BCUT2D eigenvalue weighted by Crippen LogP contribution is -2.13. The third-order valence-corrected chi connectivity index (χ3v) is 2.02. The summed E-state index contributed by atoms with van der Waals surface area (Å²) in [7, 11) is 0. The largest absolute Gasteiger partial charge is 0.487 e. The molecular weight excluding hydrogens is 228 g/mol. The van der Waals surface area contributed by atoms with E-state index in [0.29, 0.717) is 5.75 Å². The average molecular weight is 252 g/mol. The van der Waals surface area contributed by atoms with Crippen LogP contribution in [0.1, 0.15) is 41.5 Å². The van der Waals surface area contributed by atoms with Crippen molar-refractivity contribution in [3.8, 4) is 17.2 Å². The molecule has 3 nitrogen and oxygen atoms in total. The van der Waals surface area contributed by atoms with Gasteiger partial charge in [0.2, 0.25) is 5.75 Å². The average Bonchev–Trinajstić information content (AvgIpc) is 2.20. The van der Waals surface area contributed by atoms with Crippen LogP contribution >= 0.6 is 0 Å². The van der Waals surface area contributed by atoms with E-state index >= 15 is 0 Å². The first kappa shape index (κ1) is 14.7. The Bertz CT molecular complexity index is 342. The predicted molar refractivity (Wildman–Crippen MR) is 73.7 cm³/mol. The zero-order valence-electron chi connectivity index (χ0n) is 12.2. The van der Waals surface area contributed by atoms with E-state index in [1.807, 2.05) is 59.7 Å². The Kier molecular flexibility index (Phi) is 5.32. The van der Waals surface area contributed by atoms with E-state index in [1.54, 1.807) is 0 Å². The third-order valence-electron chi connectivity index (χ3n) is 2.02. The SMILES string of the molecule is CC(C)Oc1cccc(OC(C)C)c1OC(C)C. The smallest absolute Gasteiger partial charge is 0.203 e. The number of rotatable bonds is 6. The molecule has 102 valence electrons. The molecule has 0 saturated heterocycles. The number of benzene rings is 1. The highest BCUT2D eigenvalue weighted by Gasteiger charge is 2.15. The van der Waals surface area contributed by atoms with Crippen LogP contribution in [-0.4, -0.2) is 18.3 Å². The normalized spacial score (nSPS) is 11.2. The lowest BCUT2D eigenvalue weighted by atomic mass is 10.2. The summed E-state index contributed by atoms with van der Waals surface area (Å²) < 4.78 is 17.4. The number of ether oxygens (including phenoxy) is 3. The maximum atomic E-state index is 5.83. The van der Waals surface area contributed by atoms with Gasteiger partial charge in [0.05, 0.1) is 18.3 Å². The minimum absolute atomic E-state index is 0.0800. The van der Waals surface area contributed by atoms with Gasteiger partial charge in [0, 0.05) is 0 Å². The van der Waals surface area contributed by atoms with Gasteiger partial charge in [-0.2, -0.15) is 0 Å². The van der Waals surface area contributed by atoms with E-state index < -0.39 is 0 Å². The summed E-state index contributed by atoms with van der Waals surface area (Å²) in [4.78, 5) is 0. The van der Waals surface area contributed by atoms with Gasteiger partial charge in [0.1, 0.15) is 0 Å². The molecule has 0 saturated carbocycles. The van der Waals surface area contributed by atoms with Crippen LogP contribution in [0.2, 0.25) is 0 Å². The van der Waals surface area contributed by atoms with Crippen LogP contribution in [-0.2, 0) is 0 Å². The summed E-state index contributed by atoms with van der Waals surface area (Å²) in [6, 6.07) is 5.73. The Morgan fingerprint density at radius 3 is 1.39 bits per heavy atom. The summed E-state index contributed by atoms with van der Waals surface area (Å²) in [6.07, 6.45) is 0.291. The quantitative estimate of drug-likeness (QED) is 0.764. The first-order valence-corrected chi connectivity index (χ1v) is 6.53. The minimum atomic E-state index is 0.0800. The van der Waals surface area contributed by atoms with Crippen molar-refractivity contribution in [2.75, 3.05) is 0 Å². The highest BCUT2D eigenvalue weighted by Crippen LogP contribution is 2.38. The fourth-order valence-corrected chi connectivity index (χ4v) is 1.54. The van der Waals surface area contributed by atoms with Crippen molar-refractivity contribution in [2.24, 2.45) is 0 Å². The van der Waals surface area contributed by atoms with Crippen LogP contribution in [0.3, 0.4) is 0 Å². The molecule has 1 rings (SSSR count). The van der Waals surface area contributed by atoms with Crippen LogP contribution < -0.4 is 14.2 Å². The van der Waals surface area contributed by atoms with Crippen molar-refractivity contribution in [3.05, 3.63) is 18.2 Å². The first-order chi connectivity index (χ1) is 8.40. The van der Waals surface area contributed by atoms with Crippen LogP contribution in [0.15, 0.2) is 18.2 Å². The van der Waals surface area contributed by atoms with Crippen molar-refractivity contribution >= 4 is 0 Å². The molecule has 0 N–H and O–H groups in total. The summed E-state index contributed by atoms with van der Waals surface area (Å²) in [5, 5.41) is 0.